The van der Waals surface area contributed by atoms with Crippen LogP contribution in [0.3, 0.4) is 0 Å². The molecule has 1 heterocycles. The first-order valence-electron chi connectivity index (χ1n) is 6.95. The minimum absolute atomic E-state index is 0.120. The number of hydrogen-bond donors (Lipinski definition) is 2. The van der Waals surface area contributed by atoms with E-state index in [2.05, 4.69) is 5.32 Å². The lowest BCUT2D eigenvalue weighted by atomic mass is 9.76. The van der Waals surface area contributed by atoms with Gasteiger partial charge in [0.25, 0.3) is 5.91 Å². The molecular formula is C16H14N2O5. The Morgan fingerprint density at radius 2 is 1.91 bits per heavy atom. The number of carbonyl (C=O) groups is 4. The molecule has 3 N–H and O–H groups in total. The molecule has 1 aliphatic heterocycles. The summed E-state index contributed by atoms with van der Waals surface area (Å²) in [6.07, 6.45) is 0. The summed E-state index contributed by atoms with van der Waals surface area (Å²) in [5.41, 5.74) is 4.79. The number of benzene rings is 1. The average Bonchev–Trinajstić information content (AvgIpc) is 2.72. The van der Waals surface area contributed by atoms with Gasteiger partial charge in [0, 0.05) is 11.1 Å². The van der Waals surface area contributed by atoms with Gasteiger partial charge in [0.15, 0.2) is 6.61 Å². The number of ether oxygens (including phenoxy) is 1. The molecule has 7 heteroatoms. The summed E-state index contributed by atoms with van der Waals surface area (Å²) >= 11 is 0. The van der Waals surface area contributed by atoms with Crippen molar-refractivity contribution in [2.24, 2.45) is 11.1 Å². The fraction of sp³-hybridized carbons (Fsp3) is 0.250. The minimum atomic E-state index is -1.11. The van der Waals surface area contributed by atoms with Crippen LogP contribution in [0, 0.1) is 5.41 Å². The fourth-order valence-electron chi connectivity index (χ4n) is 2.83. The van der Waals surface area contributed by atoms with Crippen molar-refractivity contribution >= 4 is 29.1 Å². The monoisotopic (exact) mass is 314 g/mol. The van der Waals surface area contributed by atoms with Gasteiger partial charge in [-0.1, -0.05) is 6.07 Å². The van der Waals surface area contributed by atoms with E-state index >= 15 is 0 Å². The maximum Gasteiger partial charge on any atom is 0.255 e. The molecule has 0 fully saturated rings. The van der Waals surface area contributed by atoms with Gasteiger partial charge in [-0.25, -0.2) is 0 Å². The Morgan fingerprint density at radius 3 is 2.57 bits per heavy atom. The van der Waals surface area contributed by atoms with Crippen molar-refractivity contribution in [2.75, 3.05) is 6.61 Å². The molecule has 1 aromatic rings. The highest BCUT2D eigenvalue weighted by molar-refractivity contribution is 6.54. The van der Waals surface area contributed by atoms with Gasteiger partial charge in [-0.3, -0.25) is 19.2 Å². The van der Waals surface area contributed by atoms with E-state index in [9.17, 15) is 19.2 Å². The molecule has 0 radical (unpaired) electrons. The minimum Gasteiger partial charge on any atom is -0.483 e. The predicted molar refractivity (Wildman–Crippen MR) is 79.3 cm³/mol. The van der Waals surface area contributed by atoms with Crippen LogP contribution in [0.4, 0.5) is 0 Å². The van der Waals surface area contributed by atoms with Crippen molar-refractivity contribution in [1.82, 2.24) is 5.32 Å². The van der Waals surface area contributed by atoms with Gasteiger partial charge >= 0.3 is 0 Å². The number of fused-ring (bicyclic) bond motifs is 2. The molecule has 0 saturated carbocycles. The van der Waals surface area contributed by atoms with Crippen LogP contribution < -0.4 is 15.8 Å². The molecular weight excluding hydrogens is 300 g/mol. The van der Waals surface area contributed by atoms with Gasteiger partial charge < -0.3 is 15.8 Å². The molecule has 0 spiro atoms. The molecule has 118 valence electrons. The fourth-order valence-corrected chi connectivity index (χ4v) is 2.83. The number of carbonyl (C=O) groups excluding carboxylic acids is 4. The summed E-state index contributed by atoms with van der Waals surface area (Å²) in [5.74, 6) is -2.24. The second-order valence-corrected chi connectivity index (χ2v) is 5.92. The summed E-state index contributed by atoms with van der Waals surface area (Å²) < 4.78 is 5.34. The number of ketones is 2. The van der Waals surface area contributed by atoms with Crippen molar-refractivity contribution in [1.29, 1.82) is 0 Å². The van der Waals surface area contributed by atoms with Crippen molar-refractivity contribution < 1.29 is 23.9 Å². The third-order valence-electron chi connectivity index (χ3n) is 4.01. The highest BCUT2D eigenvalue weighted by Gasteiger charge is 2.50. The first-order chi connectivity index (χ1) is 10.7. The number of amides is 2. The van der Waals surface area contributed by atoms with Gasteiger partial charge in [0.05, 0.1) is 16.7 Å². The van der Waals surface area contributed by atoms with Crippen LogP contribution in [0.1, 0.15) is 29.8 Å². The third-order valence-corrected chi connectivity index (χ3v) is 4.01. The summed E-state index contributed by atoms with van der Waals surface area (Å²) in [5, 5.41) is 2.65. The largest absolute Gasteiger partial charge is 0.483 e. The van der Waals surface area contributed by atoms with E-state index in [1.807, 2.05) is 0 Å². The summed E-state index contributed by atoms with van der Waals surface area (Å²) in [6.45, 7) is 2.78. The summed E-state index contributed by atoms with van der Waals surface area (Å²) in [7, 11) is 0. The SMILES string of the molecule is CC1(C)C(=O)NC2=C1C(=O)C(=O)c1cccc(OCC(N)=O)c12. The average molecular weight is 314 g/mol. The van der Waals surface area contributed by atoms with E-state index in [0.29, 0.717) is 5.56 Å². The Kier molecular flexibility index (Phi) is 3.10. The molecule has 3 rings (SSSR count). The number of Topliss-reactive ketones (excluding diaryl/α,β-unsaturated/α-hetero) is 2. The van der Waals surface area contributed by atoms with Crippen molar-refractivity contribution in [2.45, 2.75) is 13.8 Å². The van der Waals surface area contributed by atoms with Crippen molar-refractivity contribution in [3.05, 3.63) is 34.9 Å². The van der Waals surface area contributed by atoms with Crippen LogP contribution in [-0.2, 0) is 14.4 Å². The van der Waals surface area contributed by atoms with E-state index < -0.39 is 22.9 Å². The standard InChI is InChI=1S/C16H14N2O5/c1-16(2)11-12(18-15(16)22)10-7(13(20)14(11)21)4-3-5-8(10)23-6-9(17)19/h3-5H,6H2,1-2H3,(H2,17,19)(H,18,22). The first-order valence-corrected chi connectivity index (χ1v) is 6.95. The predicted octanol–water partition coefficient (Wildman–Crippen LogP) is 0.183. The van der Waals surface area contributed by atoms with E-state index in [4.69, 9.17) is 10.5 Å². The van der Waals surface area contributed by atoms with Gasteiger partial charge in [0.1, 0.15) is 5.75 Å². The van der Waals surface area contributed by atoms with E-state index in [1.165, 1.54) is 12.1 Å². The van der Waals surface area contributed by atoms with Crippen LogP contribution >= 0.6 is 0 Å². The van der Waals surface area contributed by atoms with E-state index in [-0.39, 0.29) is 35.1 Å². The van der Waals surface area contributed by atoms with Crippen LogP contribution in [0.5, 0.6) is 5.75 Å². The molecule has 0 bridgehead atoms. The molecule has 1 aromatic carbocycles. The zero-order valence-corrected chi connectivity index (χ0v) is 12.6. The lowest BCUT2D eigenvalue weighted by Crippen LogP contribution is -2.32. The highest BCUT2D eigenvalue weighted by Crippen LogP contribution is 2.45. The molecule has 0 unspecified atom stereocenters. The third kappa shape index (κ3) is 2.04. The smallest absolute Gasteiger partial charge is 0.255 e. The second kappa shape index (κ2) is 4.77. The maximum atomic E-state index is 12.4. The molecule has 0 saturated heterocycles. The Morgan fingerprint density at radius 1 is 1.22 bits per heavy atom. The van der Waals surface area contributed by atoms with E-state index in [0.717, 1.165) is 0 Å². The molecule has 2 aliphatic rings. The molecule has 23 heavy (non-hydrogen) atoms. The number of rotatable bonds is 3. The second-order valence-electron chi connectivity index (χ2n) is 5.92. The zero-order chi connectivity index (χ0) is 16.9. The van der Waals surface area contributed by atoms with Gasteiger partial charge in [-0.2, -0.15) is 0 Å². The zero-order valence-electron chi connectivity index (χ0n) is 12.6. The normalized spacial score (nSPS) is 18.4. The number of primary amides is 1. The quantitative estimate of drug-likeness (QED) is 0.772. The molecule has 1 aliphatic carbocycles. The molecule has 7 nitrogen and oxygen atoms in total. The van der Waals surface area contributed by atoms with Gasteiger partial charge in [-0.15, -0.1) is 0 Å². The number of nitrogens with two attached hydrogens (primary N) is 1. The van der Waals surface area contributed by atoms with Crippen LogP contribution in [0.15, 0.2) is 23.8 Å². The van der Waals surface area contributed by atoms with Crippen LogP contribution in [-0.4, -0.2) is 30.0 Å². The lowest BCUT2D eigenvalue weighted by Gasteiger charge is -2.22. The van der Waals surface area contributed by atoms with Crippen LogP contribution in [0.2, 0.25) is 0 Å². The van der Waals surface area contributed by atoms with E-state index in [1.54, 1.807) is 19.9 Å². The first kappa shape index (κ1) is 15.0. The molecule has 0 aromatic heterocycles. The Labute approximate surface area is 131 Å². The van der Waals surface area contributed by atoms with Crippen LogP contribution in [0.25, 0.3) is 5.70 Å². The topological polar surface area (TPSA) is 116 Å². The Bertz CT molecular complexity index is 820. The van der Waals surface area contributed by atoms with Gasteiger partial charge in [0.2, 0.25) is 17.5 Å². The Balaban J connectivity index is 2.23. The number of nitrogens with one attached hydrogen (secondary N) is 1. The molecule has 0 atom stereocenters. The summed E-state index contributed by atoms with van der Waals surface area (Å²) in [6, 6.07) is 4.56. The lowest BCUT2D eigenvalue weighted by molar-refractivity contribution is -0.126. The van der Waals surface area contributed by atoms with Crippen molar-refractivity contribution in [3.63, 3.8) is 0 Å². The van der Waals surface area contributed by atoms with Crippen molar-refractivity contribution in [3.8, 4) is 5.75 Å². The van der Waals surface area contributed by atoms with Gasteiger partial charge in [-0.05, 0) is 26.0 Å². The highest BCUT2D eigenvalue weighted by atomic mass is 16.5. The summed E-state index contributed by atoms with van der Waals surface area (Å²) in [4.78, 5) is 47.9. The maximum absolute atomic E-state index is 12.4. The Hall–Kier alpha value is -2.96. The number of hydrogen-bond acceptors (Lipinski definition) is 5. The molecule has 2 amide bonds.